The highest BCUT2D eigenvalue weighted by molar-refractivity contribution is 5.81. The van der Waals surface area contributed by atoms with Gasteiger partial charge in [-0.05, 0) is 48.8 Å². The Bertz CT molecular complexity index is 485. The molecule has 2 nitrogen and oxygen atoms in total. The fourth-order valence-electron chi connectivity index (χ4n) is 2.77. The third kappa shape index (κ3) is 3.41. The smallest absolute Gasteiger partial charge is 0.225 e. The zero-order valence-corrected chi connectivity index (χ0v) is 13.3. The van der Waals surface area contributed by atoms with Crippen molar-refractivity contribution in [2.75, 3.05) is 0 Å². The number of amides is 1. The van der Waals surface area contributed by atoms with E-state index in [2.05, 4.69) is 30.4 Å². The van der Waals surface area contributed by atoms with Crippen LogP contribution >= 0.6 is 0 Å². The van der Waals surface area contributed by atoms with Gasteiger partial charge in [0.2, 0.25) is 5.91 Å². The number of nitrogens with one attached hydrogen (secondary N) is 1. The number of rotatable bonds is 3. The monoisotopic (exact) mass is 273 g/mol. The van der Waals surface area contributed by atoms with Crippen molar-refractivity contribution in [2.45, 2.75) is 65.8 Å². The Balaban J connectivity index is 2.17. The first-order chi connectivity index (χ1) is 9.41. The highest BCUT2D eigenvalue weighted by Crippen LogP contribution is 2.27. The molecule has 1 atom stereocenters. The van der Waals surface area contributed by atoms with Crippen molar-refractivity contribution in [1.29, 1.82) is 0 Å². The summed E-state index contributed by atoms with van der Waals surface area (Å²) in [6.45, 7) is 8.01. The number of aryl methyl sites for hydroxylation is 2. The standard InChI is InChI=1S/C18H27NO/c1-5-16(19-17(20)18(2,3)4)15-11-10-13-8-6-7-9-14(13)12-15/h10-12,16H,5-9H2,1-4H3,(H,19,20)/t16-/m1/s1. The van der Waals surface area contributed by atoms with E-state index in [0.29, 0.717) is 0 Å². The number of hydrogen-bond donors (Lipinski definition) is 1. The van der Waals surface area contributed by atoms with Crippen molar-refractivity contribution in [3.8, 4) is 0 Å². The van der Waals surface area contributed by atoms with E-state index in [0.717, 1.165) is 6.42 Å². The molecule has 0 radical (unpaired) electrons. The van der Waals surface area contributed by atoms with Crippen molar-refractivity contribution in [2.24, 2.45) is 5.41 Å². The van der Waals surface area contributed by atoms with Crippen LogP contribution in [0.25, 0.3) is 0 Å². The molecule has 0 unspecified atom stereocenters. The zero-order chi connectivity index (χ0) is 14.8. The van der Waals surface area contributed by atoms with Crippen LogP contribution in [0.15, 0.2) is 18.2 Å². The molecule has 1 aliphatic rings. The first-order valence-corrected chi connectivity index (χ1v) is 7.84. The summed E-state index contributed by atoms with van der Waals surface area (Å²) in [6, 6.07) is 6.90. The average molecular weight is 273 g/mol. The number of hydrogen-bond acceptors (Lipinski definition) is 1. The SMILES string of the molecule is CC[C@@H](NC(=O)C(C)(C)C)c1ccc2c(c1)CCCC2. The predicted molar refractivity (Wildman–Crippen MR) is 83.7 cm³/mol. The summed E-state index contributed by atoms with van der Waals surface area (Å²) in [5.41, 5.74) is 3.90. The maximum atomic E-state index is 12.2. The van der Waals surface area contributed by atoms with Crippen LogP contribution in [-0.4, -0.2) is 5.91 Å². The van der Waals surface area contributed by atoms with E-state index in [9.17, 15) is 4.79 Å². The zero-order valence-electron chi connectivity index (χ0n) is 13.3. The van der Waals surface area contributed by atoms with E-state index >= 15 is 0 Å². The molecular formula is C18H27NO. The van der Waals surface area contributed by atoms with E-state index in [-0.39, 0.29) is 17.4 Å². The Labute approximate surface area is 123 Å². The lowest BCUT2D eigenvalue weighted by Gasteiger charge is -2.25. The molecule has 2 heteroatoms. The van der Waals surface area contributed by atoms with Gasteiger partial charge in [-0.1, -0.05) is 45.9 Å². The number of carbonyl (C=O) groups is 1. The topological polar surface area (TPSA) is 29.1 Å². The summed E-state index contributed by atoms with van der Waals surface area (Å²) in [7, 11) is 0. The summed E-state index contributed by atoms with van der Waals surface area (Å²) in [6.07, 6.45) is 5.93. The van der Waals surface area contributed by atoms with Crippen molar-refractivity contribution in [3.63, 3.8) is 0 Å². The van der Waals surface area contributed by atoms with E-state index in [4.69, 9.17) is 0 Å². The van der Waals surface area contributed by atoms with Gasteiger partial charge in [0.1, 0.15) is 0 Å². The van der Waals surface area contributed by atoms with Gasteiger partial charge in [0.05, 0.1) is 6.04 Å². The van der Waals surface area contributed by atoms with Gasteiger partial charge in [-0.2, -0.15) is 0 Å². The second-order valence-electron chi connectivity index (χ2n) is 6.92. The molecule has 0 spiro atoms. The first-order valence-electron chi connectivity index (χ1n) is 7.84. The summed E-state index contributed by atoms with van der Waals surface area (Å²) in [5, 5.41) is 3.19. The molecular weight excluding hydrogens is 246 g/mol. The molecule has 0 aromatic heterocycles. The lowest BCUT2D eigenvalue weighted by Crippen LogP contribution is -2.37. The molecule has 1 aromatic rings. The quantitative estimate of drug-likeness (QED) is 0.879. The van der Waals surface area contributed by atoms with Crippen molar-refractivity contribution in [1.82, 2.24) is 5.32 Å². The van der Waals surface area contributed by atoms with Crippen LogP contribution in [0.3, 0.4) is 0 Å². The van der Waals surface area contributed by atoms with Crippen LogP contribution < -0.4 is 5.32 Å². The highest BCUT2D eigenvalue weighted by atomic mass is 16.2. The molecule has 0 saturated carbocycles. The minimum Gasteiger partial charge on any atom is -0.349 e. The molecule has 1 N–H and O–H groups in total. The van der Waals surface area contributed by atoms with Gasteiger partial charge in [0.15, 0.2) is 0 Å². The molecule has 1 amide bonds. The highest BCUT2D eigenvalue weighted by Gasteiger charge is 2.24. The first kappa shape index (κ1) is 15.1. The Morgan fingerprint density at radius 3 is 2.45 bits per heavy atom. The molecule has 20 heavy (non-hydrogen) atoms. The summed E-state index contributed by atoms with van der Waals surface area (Å²) in [4.78, 5) is 12.2. The van der Waals surface area contributed by atoms with Crippen molar-refractivity contribution >= 4 is 5.91 Å². The number of carbonyl (C=O) groups excluding carboxylic acids is 1. The van der Waals surface area contributed by atoms with Gasteiger partial charge >= 0.3 is 0 Å². The Morgan fingerprint density at radius 2 is 1.85 bits per heavy atom. The van der Waals surface area contributed by atoms with Crippen LogP contribution in [0.1, 0.15) is 69.7 Å². The summed E-state index contributed by atoms with van der Waals surface area (Å²) >= 11 is 0. The normalized spacial score (nSPS) is 16.4. The maximum Gasteiger partial charge on any atom is 0.225 e. The molecule has 1 aliphatic carbocycles. The second-order valence-corrected chi connectivity index (χ2v) is 6.92. The van der Waals surface area contributed by atoms with Gasteiger partial charge in [-0.25, -0.2) is 0 Å². The van der Waals surface area contributed by atoms with Crippen LogP contribution in [0, 0.1) is 5.41 Å². The van der Waals surface area contributed by atoms with Gasteiger partial charge in [-0.3, -0.25) is 4.79 Å². The molecule has 2 rings (SSSR count). The minimum absolute atomic E-state index is 0.127. The lowest BCUT2D eigenvalue weighted by molar-refractivity contribution is -0.129. The molecule has 0 bridgehead atoms. The van der Waals surface area contributed by atoms with Gasteiger partial charge < -0.3 is 5.32 Å². The molecule has 0 heterocycles. The lowest BCUT2D eigenvalue weighted by atomic mass is 9.88. The Morgan fingerprint density at radius 1 is 1.20 bits per heavy atom. The van der Waals surface area contributed by atoms with E-state index in [1.165, 1.54) is 42.4 Å². The van der Waals surface area contributed by atoms with Crippen molar-refractivity contribution < 1.29 is 4.79 Å². The Hall–Kier alpha value is -1.31. The van der Waals surface area contributed by atoms with Crippen LogP contribution in [-0.2, 0) is 17.6 Å². The average Bonchev–Trinajstić information content (AvgIpc) is 2.43. The minimum atomic E-state index is -0.332. The molecule has 0 fully saturated rings. The Kier molecular flexibility index (Phi) is 4.52. The van der Waals surface area contributed by atoms with Gasteiger partial charge in [0, 0.05) is 5.41 Å². The van der Waals surface area contributed by atoms with E-state index in [1.54, 1.807) is 0 Å². The number of benzene rings is 1. The third-order valence-electron chi connectivity index (χ3n) is 4.17. The number of fused-ring (bicyclic) bond motifs is 1. The van der Waals surface area contributed by atoms with E-state index < -0.39 is 0 Å². The van der Waals surface area contributed by atoms with Crippen LogP contribution in [0.5, 0.6) is 0 Å². The summed E-state index contributed by atoms with van der Waals surface area (Å²) in [5.74, 6) is 0.127. The van der Waals surface area contributed by atoms with Gasteiger partial charge in [0.25, 0.3) is 0 Å². The molecule has 0 saturated heterocycles. The molecule has 1 aromatic carbocycles. The van der Waals surface area contributed by atoms with Crippen LogP contribution in [0.2, 0.25) is 0 Å². The largest absolute Gasteiger partial charge is 0.349 e. The fraction of sp³-hybridized carbons (Fsp3) is 0.611. The fourth-order valence-corrected chi connectivity index (χ4v) is 2.77. The predicted octanol–water partition coefficient (Wildman–Crippen LogP) is 4.18. The molecule has 110 valence electrons. The van der Waals surface area contributed by atoms with Crippen LogP contribution in [0.4, 0.5) is 0 Å². The van der Waals surface area contributed by atoms with E-state index in [1.807, 2.05) is 20.8 Å². The second kappa shape index (κ2) is 5.99. The molecule has 0 aliphatic heterocycles. The summed E-state index contributed by atoms with van der Waals surface area (Å²) < 4.78 is 0. The van der Waals surface area contributed by atoms with Crippen molar-refractivity contribution in [3.05, 3.63) is 34.9 Å². The third-order valence-corrected chi connectivity index (χ3v) is 4.17. The maximum absolute atomic E-state index is 12.2. The van der Waals surface area contributed by atoms with Gasteiger partial charge in [-0.15, -0.1) is 0 Å².